The van der Waals surface area contributed by atoms with Gasteiger partial charge in [-0.3, -0.25) is 4.21 Å². The zero-order valence-corrected chi connectivity index (χ0v) is 10.6. The van der Waals surface area contributed by atoms with Crippen molar-refractivity contribution in [1.29, 1.82) is 5.26 Å². The highest BCUT2D eigenvalue weighted by atomic mass is 32.2. The van der Waals surface area contributed by atoms with Gasteiger partial charge >= 0.3 is 0 Å². The monoisotopic (exact) mass is 277 g/mol. The molecule has 96 valence electrons. The van der Waals surface area contributed by atoms with Crippen LogP contribution in [0.25, 0.3) is 0 Å². The largest absolute Gasteiger partial charge is 0.254 e. The number of hydrogen-bond donors (Lipinski definition) is 0. The molecule has 0 amide bonds. The van der Waals surface area contributed by atoms with Crippen LogP contribution in [0.2, 0.25) is 0 Å². The second kappa shape index (κ2) is 5.72. The van der Waals surface area contributed by atoms with E-state index in [1.807, 2.05) is 6.07 Å². The number of nitriles is 1. The molecule has 19 heavy (non-hydrogen) atoms. The Balaban J connectivity index is 2.31. The Kier molecular flexibility index (Phi) is 4.03. The van der Waals surface area contributed by atoms with Crippen molar-refractivity contribution >= 4 is 10.8 Å². The fraction of sp³-hybridized carbons (Fsp3) is 0.0714. The summed E-state index contributed by atoms with van der Waals surface area (Å²) in [5.74, 6) is -1.38. The molecule has 2 nitrogen and oxygen atoms in total. The first-order valence-corrected chi connectivity index (χ1v) is 6.75. The maximum atomic E-state index is 13.5. The van der Waals surface area contributed by atoms with Gasteiger partial charge in [-0.15, -0.1) is 0 Å². The minimum absolute atomic E-state index is 0.0237. The van der Waals surface area contributed by atoms with Crippen molar-refractivity contribution in [1.82, 2.24) is 0 Å². The van der Waals surface area contributed by atoms with Crippen molar-refractivity contribution in [2.75, 3.05) is 0 Å². The lowest BCUT2D eigenvalue weighted by Gasteiger charge is -2.05. The molecule has 1 unspecified atom stereocenters. The second-order valence-electron chi connectivity index (χ2n) is 3.83. The van der Waals surface area contributed by atoms with E-state index in [0.29, 0.717) is 11.1 Å². The van der Waals surface area contributed by atoms with Crippen LogP contribution in [-0.2, 0) is 16.6 Å². The Labute approximate surface area is 111 Å². The van der Waals surface area contributed by atoms with Crippen molar-refractivity contribution in [3.63, 3.8) is 0 Å². The maximum absolute atomic E-state index is 13.5. The molecule has 0 heterocycles. The van der Waals surface area contributed by atoms with Crippen LogP contribution in [0.4, 0.5) is 8.78 Å². The summed E-state index contributed by atoms with van der Waals surface area (Å²) in [6.45, 7) is 0. The van der Waals surface area contributed by atoms with Crippen molar-refractivity contribution in [3.8, 4) is 6.07 Å². The minimum Gasteiger partial charge on any atom is -0.254 e. The average molecular weight is 277 g/mol. The van der Waals surface area contributed by atoms with E-state index in [-0.39, 0.29) is 10.6 Å². The molecule has 2 aromatic carbocycles. The predicted octanol–water partition coefficient (Wildman–Crippen LogP) is 3.14. The van der Waals surface area contributed by atoms with Crippen LogP contribution in [0, 0.1) is 23.0 Å². The maximum Gasteiger partial charge on any atom is 0.139 e. The van der Waals surface area contributed by atoms with E-state index in [0.717, 1.165) is 18.2 Å². The molecule has 2 aromatic rings. The third-order valence-electron chi connectivity index (χ3n) is 2.56. The van der Waals surface area contributed by atoms with Crippen LogP contribution in [0.3, 0.4) is 0 Å². The fourth-order valence-electron chi connectivity index (χ4n) is 1.63. The molecule has 5 heteroatoms. The van der Waals surface area contributed by atoms with Crippen LogP contribution >= 0.6 is 0 Å². The summed E-state index contributed by atoms with van der Waals surface area (Å²) in [7, 11) is -1.73. The number of halogens is 2. The molecule has 0 radical (unpaired) electrons. The molecule has 0 bridgehead atoms. The molecule has 0 aliphatic heterocycles. The summed E-state index contributed by atoms with van der Waals surface area (Å²) in [4.78, 5) is -0.187. The number of nitrogens with zero attached hydrogens (tertiary/aromatic N) is 1. The van der Waals surface area contributed by atoms with E-state index in [4.69, 9.17) is 5.26 Å². The van der Waals surface area contributed by atoms with Gasteiger partial charge in [-0.25, -0.2) is 8.78 Å². The van der Waals surface area contributed by atoms with Crippen LogP contribution in [0.15, 0.2) is 47.4 Å². The summed E-state index contributed by atoms with van der Waals surface area (Å²) >= 11 is 0. The average Bonchev–Trinajstić information content (AvgIpc) is 2.42. The van der Waals surface area contributed by atoms with E-state index in [2.05, 4.69) is 0 Å². The highest BCUT2D eigenvalue weighted by molar-refractivity contribution is 7.84. The summed E-state index contributed by atoms with van der Waals surface area (Å²) in [6.07, 6.45) is 0. The molecule has 0 saturated carbocycles. The first-order chi connectivity index (χ1) is 9.11. The highest BCUT2D eigenvalue weighted by Gasteiger charge is 2.13. The summed E-state index contributed by atoms with van der Waals surface area (Å²) in [5, 5.41) is 8.92. The van der Waals surface area contributed by atoms with Crippen molar-refractivity contribution < 1.29 is 13.0 Å². The van der Waals surface area contributed by atoms with E-state index in [1.54, 1.807) is 24.3 Å². The number of hydrogen-bond acceptors (Lipinski definition) is 2. The van der Waals surface area contributed by atoms with Gasteiger partial charge < -0.3 is 0 Å². The van der Waals surface area contributed by atoms with E-state index >= 15 is 0 Å². The third-order valence-corrected chi connectivity index (χ3v) is 3.94. The van der Waals surface area contributed by atoms with E-state index in [9.17, 15) is 13.0 Å². The molecule has 0 aromatic heterocycles. The van der Waals surface area contributed by atoms with Gasteiger partial charge in [-0.2, -0.15) is 5.26 Å². The lowest BCUT2D eigenvalue weighted by atomic mass is 10.1. The molecule has 0 N–H and O–H groups in total. The second-order valence-corrected chi connectivity index (χ2v) is 5.25. The summed E-state index contributed by atoms with van der Waals surface area (Å²) < 4.78 is 38.6. The van der Waals surface area contributed by atoms with Crippen molar-refractivity contribution in [3.05, 3.63) is 65.2 Å². The van der Waals surface area contributed by atoms with Crippen LogP contribution in [0.1, 0.15) is 11.1 Å². The lowest BCUT2D eigenvalue weighted by Crippen LogP contribution is -2.01. The Hall–Kier alpha value is -2.06. The smallest absolute Gasteiger partial charge is 0.139 e. The van der Waals surface area contributed by atoms with E-state index in [1.165, 1.54) is 0 Å². The fourth-order valence-corrected chi connectivity index (χ4v) is 2.85. The van der Waals surface area contributed by atoms with Gasteiger partial charge in [0.2, 0.25) is 0 Å². The standard InChI is InChI=1S/C14H9F2NOS/c15-12-5-6-13(16)14(7-12)19(18)9-11-4-2-1-3-10(11)8-17/h1-7H,9H2. The quantitative estimate of drug-likeness (QED) is 0.864. The van der Waals surface area contributed by atoms with Gasteiger partial charge in [0.25, 0.3) is 0 Å². The highest BCUT2D eigenvalue weighted by Crippen LogP contribution is 2.19. The number of benzene rings is 2. The van der Waals surface area contributed by atoms with Crippen LogP contribution in [0.5, 0.6) is 0 Å². The third kappa shape index (κ3) is 3.04. The first kappa shape index (κ1) is 13.4. The van der Waals surface area contributed by atoms with Crippen LogP contribution in [-0.4, -0.2) is 4.21 Å². The molecule has 0 spiro atoms. The zero-order chi connectivity index (χ0) is 13.8. The summed E-state index contributed by atoms with van der Waals surface area (Å²) in [6, 6.07) is 11.4. The zero-order valence-electron chi connectivity index (χ0n) is 9.77. The van der Waals surface area contributed by atoms with E-state index < -0.39 is 22.4 Å². The molecule has 0 aliphatic rings. The van der Waals surface area contributed by atoms with Gasteiger partial charge in [-0.1, -0.05) is 18.2 Å². The Bertz CT molecular complexity index is 679. The molecule has 2 rings (SSSR count). The van der Waals surface area contributed by atoms with Gasteiger partial charge in [-0.05, 0) is 29.8 Å². The minimum atomic E-state index is -1.73. The van der Waals surface area contributed by atoms with Crippen molar-refractivity contribution in [2.24, 2.45) is 0 Å². The normalized spacial score (nSPS) is 11.8. The SMILES string of the molecule is N#Cc1ccccc1CS(=O)c1cc(F)ccc1F. The first-order valence-electron chi connectivity index (χ1n) is 5.43. The van der Waals surface area contributed by atoms with Gasteiger partial charge in [0, 0.05) is 0 Å². The van der Waals surface area contributed by atoms with Gasteiger partial charge in [0.15, 0.2) is 0 Å². The Morgan fingerprint density at radius 3 is 2.63 bits per heavy atom. The van der Waals surface area contributed by atoms with Crippen molar-refractivity contribution in [2.45, 2.75) is 10.6 Å². The Morgan fingerprint density at radius 2 is 1.89 bits per heavy atom. The molecule has 0 aliphatic carbocycles. The molecular formula is C14H9F2NOS. The van der Waals surface area contributed by atoms with Gasteiger partial charge in [0.05, 0.1) is 33.1 Å². The topological polar surface area (TPSA) is 40.9 Å². The van der Waals surface area contributed by atoms with Gasteiger partial charge in [0.1, 0.15) is 11.6 Å². The summed E-state index contributed by atoms with van der Waals surface area (Å²) in [5.41, 5.74) is 0.930. The Morgan fingerprint density at radius 1 is 1.16 bits per heavy atom. The molecule has 1 atom stereocenters. The molecular weight excluding hydrogens is 268 g/mol. The molecule has 0 saturated heterocycles. The predicted molar refractivity (Wildman–Crippen MR) is 67.6 cm³/mol. The lowest BCUT2D eigenvalue weighted by molar-refractivity contribution is 0.572. The number of rotatable bonds is 3. The molecule has 0 fully saturated rings. The van der Waals surface area contributed by atoms with Crippen LogP contribution < -0.4 is 0 Å².